The standard InChI is InChI=1S/C23H29N5O6.C2H6/c1-14-8-9-15(12-24-14)27-10-11-32-18-16(19(27)29)17(25-13-26-18)28(20(30)33-22(2,3)4)21(31)34-23(5,6)7;1-2/h8-9,12-13H,10-11H2,1-7H3;1-2H3. The molecule has 3 amide bonds. The topological polar surface area (TPSA) is 124 Å². The van der Waals surface area contributed by atoms with Crippen LogP contribution in [0.2, 0.25) is 0 Å². The molecule has 3 heterocycles. The van der Waals surface area contributed by atoms with Crippen LogP contribution in [0.5, 0.6) is 5.88 Å². The molecule has 0 atom stereocenters. The normalized spacial score (nSPS) is 13.4. The molecule has 3 rings (SSSR count). The molecule has 0 saturated heterocycles. The number of aromatic nitrogens is 3. The van der Waals surface area contributed by atoms with Crippen LogP contribution in [0.4, 0.5) is 21.1 Å². The Bertz CT molecular complexity index is 1060. The van der Waals surface area contributed by atoms with Gasteiger partial charge in [0.15, 0.2) is 5.82 Å². The third kappa shape index (κ3) is 7.12. The van der Waals surface area contributed by atoms with E-state index < -0.39 is 29.3 Å². The average Bonchev–Trinajstić information content (AvgIpc) is 2.93. The summed E-state index contributed by atoms with van der Waals surface area (Å²) in [5.41, 5.74) is -0.726. The van der Waals surface area contributed by atoms with Crippen LogP contribution in [0.1, 0.15) is 71.4 Å². The van der Waals surface area contributed by atoms with Crippen molar-refractivity contribution < 1.29 is 28.6 Å². The molecule has 1 aliphatic rings. The number of imide groups is 1. The van der Waals surface area contributed by atoms with E-state index in [9.17, 15) is 14.4 Å². The summed E-state index contributed by atoms with van der Waals surface area (Å²) in [5, 5.41) is 0. The van der Waals surface area contributed by atoms with Gasteiger partial charge in [-0.3, -0.25) is 9.78 Å². The van der Waals surface area contributed by atoms with E-state index in [0.29, 0.717) is 10.6 Å². The summed E-state index contributed by atoms with van der Waals surface area (Å²) in [6, 6.07) is 3.51. The van der Waals surface area contributed by atoms with Crippen molar-refractivity contribution in [2.45, 2.75) is 73.5 Å². The fraction of sp³-hybridized carbons (Fsp3) is 0.520. The fourth-order valence-corrected chi connectivity index (χ4v) is 3.03. The molecule has 2 aromatic rings. The number of rotatable bonds is 2. The maximum Gasteiger partial charge on any atom is 0.425 e. The summed E-state index contributed by atoms with van der Waals surface area (Å²) in [6.07, 6.45) is 0.555. The molecule has 11 nitrogen and oxygen atoms in total. The van der Waals surface area contributed by atoms with Gasteiger partial charge in [-0.25, -0.2) is 19.6 Å². The second-order valence-electron chi connectivity index (χ2n) is 9.64. The highest BCUT2D eigenvalue weighted by Gasteiger charge is 2.39. The Labute approximate surface area is 211 Å². The molecular weight excluding hydrogens is 466 g/mol. The lowest BCUT2D eigenvalue weighted by Gasteiger charge is -2.29. The Morgan fingerprint density at radius 1 is 0.972 bits per heavy atom. The van der Waals surface area contributed by atoms with Crippen LogP contribution < -0.4 is 14.5 Å². The monoisotopic (exact) mass is 501 g/mol. The Morgan fingerprint density at radius 2 is 1.56 bits per heavy atom. The molecular formula is C25H35N5O6. The van der Waals surface area contributed by atoms with Crippen LogP contribution in [0.3, 0.4) is 0 Å². The van der Waals surface area contributed by atoms with Crippen LogP contribution in [0.25, 0.3) is 0 Å². The summed E-state index contributed by atoms with van der Waals surface area (Å²) in [5.74, 6) is -0.925. The molecule has 0 aromatic carbocycles. The van der Waals surface area contributed by atoms with E-state index in [-0.39, 0.29) is 30.4 Å². The van der Waals surface area contributed by atoms with Gasteiger partial charge in [-0.15, -0.1) is 0 Å². The van der Waals surface area contributed by atoms with E-state index in [1.807, 2.05) is 20.8 Å². The minimum absolute atomic E-state index is 0.0605. The van der Waals surface area contributed by atoms with Crippen molar-refractivity contribution >= 4 is 29.6 Å². The molecule has 36 heavy (non-hydrogen) atoms. The summed E-state index contributed by atoms with van der Waals surface area (Å²) in [7, 11) is 0. The molecule has 0 aliphatic carbocycles. The third-order valence-electron chi connectivity index (χ3n) is 4.38. The van der Waals surface area contributed by atoms with Gasteiger partial charge in [-0.2, -0.15) is 4.90 Å². The van der Waals surface area contributed by atoms with Crippen molar-refractivity contribution in [1.82, 2.24) is 15.0 Å². The zero-order valence-corrected chi connectivity index (χ0v) is 22.4. The minimum Gasteiger partial charge on any atom is -0.475 e. The first-order valence-electron chi connectivity index (χ1n) is 11.8. The molecule has 2 aromatic heterocycles. The zero-order chi connectivity index (χ0) is 27.3. The molecule has 0 unspecified atom stereocenters. The van der Waals surface area contributed by atoms with Crippen molar-refractivity contribution in [2.24, 2.45) is 0 Å². The first-order valence-corrected chi connectivity index (χ1v) is 11.8. The fourth-order valence-electron chi connectivity index (χ4n) is 3.03. The van der Waals surface area contributed by atoms with Gasteiger partial charge in [0.05, 0.1) is 18.4 Å². The number of hydrogen-bond donors (Lipinski definition) is 0. The second-order valence-corrected chi connectivity index (χ2v) is 9.64. The van der Waals surface area contributed by atoms with E-state index in [0.717, 1.165) is 12.0 Å². The predicted molar refractivity (Wildman–Crippen MR) is 134 cm³/mol. The smallest absolute Gasteiger partial charge is 0.425 e. The number of carbonyl (C=O) groups excluding carboxylic acids is 3. The van der Waals surface area contributed by atoms with E-state index in [1.54, 1.807) is 59.9 Å². The van der Waals surface area contributed by atoms with Gasteiger partial charge in [0.1, 0.15) is 29.7 Å². The molecule has 0 spiro atoms. The number of pyridine rings is 1. The lowest BCUT2D eigenvalue weighted by Crippen LogP contribution is -2.45. The summed E-state index contributed by atoms with van der Waals surface area (Å²) in [6.45, 7) is 16.1. The SMILES string of the molecule is CC.Cc1ccc(N2CCOc3ncnc(N(C(=O)OC(C)(C)C)C(=O)OC(C)(C)C)c3C2=O)cn1. The van der Waals surface area contributed by atoms with Gasteiger partial charge in [0.25, 0.3) is 5.91 Å². The lowest BCUT2D eigenvalue weighted by molar-refractivity contribution is 0.0429. The first kappa shape index (κ1) is 28.5. The number of hydrogen-bond acceptors (Lipinski definition) is 9. The highest BCUT2D eigenvalue weighted by atomic mass is 16.6. The number of anilines is 2. The largest absolute Gasteiger partial charge is 0.475 e. The zero-order valence-electron chi connectivity index (χ0n) is 22.4. The third-order valence-corrected chi connectivity index (χ3v) is 4.38. The predicted octanol–water partition coefficient (Wildman–Crippen LogP) is 4.92. The van der Waals surface area contributed by atoms with E-state index in [4.69, 9.17) is 14.2 Å². The maximum atomic E-state index is 13.7. The van der Waals surface area contributed by atoms with Crippen molar-refractivity contribution in [3.8, 4) is 5.88 Å². The quantitative estimate of drug-likeness (QED) is 0.564. The molecule has 0 fully saturated rings. The van der Waals surface area contributed by atoms with Gasteiger partial charge in [-0.1, -0.05) is 13.8 Å². The highest BCUT2D eigenvalue weighted by molar-refractivity contribution is 6.17. The van der Waals surface area contributed by atoms with Crippen LogP contribution in [-0.2, 0) is 9.47 Å². The Balaban J connectivity index is 0.00000222. The van der Waals surface area contributed by atoms with Gasteiger partial charge < -0.3 is 19.1 Å². The van der Waals surface area contributed by atoms with Gasteiger partial charge in [0, 0.05) is 5.69 Å². The summed E-state index contributed by atoms with van der Waals surface area (Å²) in [4.78, 5) is 54.3. The highest BCUT2D eigenvalue weighted by Crippen LogP contribution is 2.32. The molecule has 0 saturated carbocycles. The molecule has 1 aliphatic heterocycles. The van der Waals surface area contributed by atoms with Crippen molar-refractivity contribution in [1.29, 1.82) is 0 Å². The number of nitrogens with zero attached hydrogens (tertiary/aromatic N) is 5. The Kier molecular flexibility index (Phi) is 8.95. The molecule has 0 N–H and O–H groups in total. The van der Waals surface area contributed by atoms with Crippen LogP contribution in [0.15, 0.2) is 24.7 Å². The van der Waals surface area contributed by atoms with Crippen molar-refractivity contribution in [3.05, 3.63) is 35.9 Å². The van der Waals surface area contributed by atoms with E-state index >= 15 is 0 Å². The minimum atomic E-state index is -1.05. The van der Waals surface area contributed by atoms with E-state index in [1.165, 1.54) is 4.90 Å². The Hall–Kier alpha value is -3.76. The molecule has 0 bridgehead atoms. The van der Waals surface area contributed by atoms with Crippen LogP contribution in [-0.4, -0.2) is 57.4 Å². The van der Waals surface area contributed by atoms with Crippen molar-refractivity contribution in [2.75, 3.05) is 23.0 Å². The molecule has 0 radical (unpaired) electrons. The van der Waals surface area contributed by atoms with Gasteiger partial charge in [-0.05, 0) is 60.6 Å². The van der Waals surface area contributed by atoms with Crippen LogP contribution >= 0.6 is 0 Å². The average molecular weight is 502 g/mol. The Morgan fingerprint density at radius 3 is 2.06 bits per heavy atom. The summed E-state index contributed by atoms with van der Waals surface area (Å²) < 4.78 is 16.5. The number of fused-ring (bicyclic) bond motifs is 1. The van der Waals surface area contributed by atoms with Gasteiger partial charge in [0.2, 0.25) is 5.88 Å². The molecule has 196 valence electrons. The van der Waals surface area contributed by atoms with E-state index in [2.05, 4.69) is 15.0 Å². The molecule has 11 heteroatoms. The second kappa shape index (κ2) is 11.3. The van der Waals surface area contributed by atoms with Crippen LogP contribution in [0, 0.1) is 6.92 Å². The number of aryl methyl sites for hydroxylation is 1. The number of ether oxygens (including phenoxy) is 3. The maximum absolute atomic E-state index is 13.7. The first-order chi connectivity index (χ1) is 16.8. The lowest BCUT2D eigenvalue weighted by atomic mass is 10.2. The number of carbonyl (C=O) groups is 3. The van der Waals surface area contributed by atoms with Crippen molar-refractivity contribution in [3.63, 3.8) is 0 Å². The number of amides is 3. The van der Waals surface area contributed by atoms with Gasteiger partial charge >= 0.3 is 12.2 Å². The summed E-state index contributed by atoms with van der Waals surface area (Å²) >= 11 is 0.